The molecule has 2 aromatic rings. The van der Waals surface area contributed by atoms with Crippen molar-refractivity contribution >= 4 is 17.7 Å². The average Bonchev–Trinajstić information content (AvgIpc) is 2.67. The van der Waals surface area contributed by atoms with E-state index < -0.39 is 0 Å². The van der Waals surface area contributed by atoms with E-state index in [-0.39, 0.29) is 17.7 Å². The summed E-state index contributed by atoms with van der Waals surface area (Å²) in [6, 6.07) is 13.6. The van der Waals surface area contributed by atoms with E-state index in [1.54, 1.807) is 6.07 Å². The minimum Gasteiger partial charge on any atom is -0.506 e. The molecule has 3 rings (SSSR count). The van der Waals surface area contributed by atoms with Gasteiger partial charge in [0, 0.05) is 35.9 Å². The van der Waals surface area contributed by atoms with Crippen molar-refractivity contribution in [1.29, 1.82) is 0 Å². The molecule has 1 N–H and O–H groups in total. The second-order valence-electron chi connectivity index (χ2n) is 6.64. The van der Waals surface area contributed by atoms with Gasteiger partial charge in [0.15, 0.2) is 0 Å². The first-order valence-corrected chi connectivity index (χ1v) is 9.14. The van der Waals surface area contributed by atoms with Gasteiger partial charge in [-0.05, 0) is 49.8 Å². The van der Waals surface area contributed by atoms with Crippen molar-refractivity contribution in [3.63, 3.8) is 0 Å². The van der Waals surface area contributed by atoms with Crippen LogP contribution in [0, 0.1) is 0 Å². The van der Waals surface area contributed by atoms with Crippen LogP contribution in [0.1, 0.15) is 49.3 Å². The quantitative estimate of drug-likeness (QED) is 0.804. The summed E-state index contributed by atoms with van der Waals surface area (Å²) in [5, 5.41) is 9.34. The van der Waals surface area contributed by atoms with E-state index in [1.165, 1.54) is 10.6 Å². The zero-order valence-electron chi connectivity index (χ0n) is 14.1. The van der Waals surface area contributed by atoms with Gasteiger partial charge in [0.2, 0.25) is 5.91 Å². The van der Waals surface area contributed by atoms with E-state index in [0.717, 1.165) is 43.4 Å². The summed E-state index contributed by atoms with van der Waals surface area (Å²) >= 11 is 6.33. The summed E-state index contributed by atoms with van der Waals surface area (Å²) < 4.78 is 1.42. The molecule has 1 aromatic carbocycles. The van der Waals surface area contributed by atoms with Crippen LogP contribution in [0.3, 0.4) is 0 Å². The molecule has 5 heteroatoms. The number of hydrogen-bond donors (Lipinski definition) is 1. The van der Waals surface area contributed by atoms with Crippen molar-refractivity contribution in [3.8, 4) is 5.75 Å². The highest BCUT2D eigenvalue weighted by Crippen LogP contribution is 2.35. The topological polar surface area (TPSA) is 53.4 Å². The molecule has 1 saturated carbocycles. The molecule has 0 aliphatic heterocycles. The van der Waals surface area contributed by atoms with Gasteiger partial charge in [0.1, 0.15) is 5.75 Å². The van der Waals surface area contributed by atoms with Crippen molar-refractivity contribution in [2.45, 2.75) is 50.5 Å². The molecule has 0 saturated heterocycles. The largest absolute Gasteiger partial charge is 0.506 e. The smallest absolute Gasteiger partial charge is 0.237 e. The number of carbonyl (C=O) groups excluding carboxylic acids is 1. The number of hydrogen-bond acceptors (Lipinski definition) is 3. The Balaban J connectivity index is 1.48. The number of benzene rings is 1. The number of amides is 1. The first-order valence-electron chi connectivity index (χ1n) is 8.80. The van der Waals surface area contributed by atoms with E-state index in [4.69, 9.17) is 11.8 Å². The van der Waals surface area contributed by atoms with Crippen molar-refractivity contribution in [2.24, 2.45) is 0 Å². The lowest BCUT2D eigenvalue weighted by molar-refractivity contribution is -0.128. The summed E-state index contributed by atoms with van der Waals surface area (Å²) in [5.74, 6) is 0.562. The zero-order valence-corrected chi connectivity index (χ0v) is 14.9. The van der Waals surface area contributed by atoms with Crippen molar-refractivity contribution in [3.05, 3.63) is 59.9 Å². The molecule has 1 aliphatic carbocycles. The first kappa shape index (κ1) is 17.7. The van der Waals surface area contributed by atoms with E-state index in [2.05, 4.69) is 4.98 Å². The van der Waals surface area contributed by atoms with Gasteiger partial charge in [-0.3, -0.25) is 14.2 Å². The fourth-order valence-corrected chi connectivity index (χ4v) is 3.72. The van der Waals surface area contributed by atoms with Crippen molar-refractivity contribution in [1.82, 2.24) is 9.40 Å². The van der Waals surface area contributed by atoms with Crippen LogP contribution in [0.15, 0.2) is 48.7 Å². The predicted octanol–water partition coefficient (Wildman–Crippen LogP) is 4.43. The number of aryl methyl sites for hydroxylation is 1. The molecule has 132 valence electrons. The fourth-order valence-electron chi connectivity index (χ4n) is 3.44. The van der Waals surface area contributed by atoms with E-state index in [9.17, 15) is 9.90 Å². The van der Waals surface area contributed by atoms with E-state index >= 15 is 0 Å². The van der Waals surface area contributed by atoms with Gasteiger partial charge in [0.05, 0.1) is 6.20 Å². The van der Waals surface area contributed by atoms with Crippen LogP contribution in [-0.2, 0) is 11.2 Å². The molecular weight excluding hydrogens is 336 g/mol. The van der Waals surface area contributed by atoms with Gasteiger partial charge in [0.25, 0.3) is 0 Å². The second-order valence-corrected chi connectivity index (χ2v) is 7.00. The number of carbonyl (C=O) groups is 1. The third-order valence-electron chi connectivity index (χ3n) is 4.91. The second kappa shape index (κ2) is 8.34. The Morgan fingerprint density at radius 3 is 2.48 bits per heavy atom. The van der Waals surface area contributed by atoms with Crippen LogP contribution in [0.5, 0.6) is 5.75 Å². The maximum Gasteiger partial charge on any atom is 0.237 e. The van der Waals surface area contributed by atoms with Gasteiger partial charge in [-0.15, -0.1) is 0 Å². The van der Waals surface area contributed by atoms with Gasteiger partial charge in [-0.2, -0.15) is 0 Å². The van der Waals surface area contributed by atoms with Crippen LogP contribution in [0.25, 0.3) is 0 Å². The van der Waals surface area contributed by atoms with Crippen LogP contribution < -0.4 is 0 Å². The monoisotopic (exact) mass is 358 g/mol. The first-order chi connectivity index (χ1) is 12.1. The Morgan fingerprint density at radius 2 is 1.84 bits per heavy atom. The molecule has 0 bridgehead atoms. The van der Waals surface area contributed by atoms with Crippen molar-refractivity contribution in [2.75, 3.05) is 0 Å². The summed E-state index contributed by atoms with van der Waals surface area (Å²) in [7, 11) is 0. The molecule has 25 heavy (non-hydrogen) atoms. The number of halogens is 1. The number of aromatic nitrogens is 1. The number of aromatic hydroxyl groups is 1. The molecule has 1 aliphatic rings. The molecule has 1 heterocycles. The Labute approximate surface area is 153 Å². The lowest BCUT2D eigenvalue weighted by Gasteiger charge is -2.32. The molecule has 1 fully saturated rings. The molecule has 4 nitrogen and oxygen atoms in total. The maximum atomic E-state index is 12.4. The van der Waals surface area contributed by atoms with Gasteiger partial charge < -0.3 is 5.11 Å². The Morgan fingerprint density at radius 1 is 1.12 bits per heavy atom. The summed E-state index contributed by atoms with van der Waals surface area (Å²) in [4.78, 5) is 16.7. The molecule has 0 spiro atoms. The zero-order chi connectivity index (χ0) is 17.6. The average molecular weight is 359 g/mol. The predicted molar refractivity (Wildman–Crippen MR) is 98.4 cm³/mol. The summed E-state index contributed by atoms with van der Waals surface area (Å²) in [5.41, 5.74) is 2.16. The number of nitrogens with zero attached hydrogens (tertiary/aromatic N) is 2. The van der Waals surface area contributed by atoms with Gasteiger partial charge in [-0.1, -0.05) is 30.3 Å². The standard InChI is InChI=1S/C20H23ClN2O2/c21-23(20(25)13-6-15-4-2-1-3-5-15)17-9-7-16(8-10-17)19-12-11-18(24)14-22-19/h1-5,11-12,14,16-17,24H,6-10,13H2. The fraction of sp³-hybridized carbons (Fsp3) is 0.400. The summed E-state index contributed by atoms with van der Waals surface area (Å²) in [6.07, 6.45) is 6.32. The minimum atomic E-state index is -0.00303. The third-order valence-corrected chi connectivity index (χ3v) is 5.38. The van der Waals surface area contributed by atoms with E-state index in [0.29, 0.717) is 12.3 Å². The lowest BCUT2D eigenvalue weighted by Crippen LogP contribution is -2.35. The molecule has 1 aromatic heterocycles. The molecule has 0 unspecified atom stereocenters. The minimum absolute atomic E-state index is 0.00303. The third kappa shape index (κ3) is 4.73. The van der Waals surface area contributed by atoms with Crippen LogP contribution in [-0.4, -0.2) is 26.5 Å². The molecule has 0 atom stereocenters. The van der Waals surface area contributed by atoms with Gasteiger partial charge in [-0.25, -0.2) is 0 Å². The number of pyridine rings is 1. The van der Waals surface area contributed by atoms with Gasteiger partial charge >= 0.3 is 0 Å². The Kier molecular flexibility index (Phi) is 5.92. The maximum absolute atomic E-state index is 12.4. The summed E-state index contributed by atoms with van der Waals surface area (Å²) in [6.45, 7) is 0. The molecular formula is C20H23ClN2O2. The van der Waals surface area contributed by atoms with E-state index in [1.807, 2.05) is 36.4 Å². The SMILES string of the molecule is O=C(CCc1ccccc1)N(Cl)C1CCC(c2ccc(O)cn2)CC1. The highest BCUT2D eigenvalue weighted by Gasteiger charge is 2.29. The highest BCUT2D eigenvalue weighted by molar-refractivity contribution is 6.21. The Bertz CT molecular complexity index is 683. The molecule has 1 amide bonds. The number of rotatable bonds is 5. The lowest BCUT2D eigenvalue weighted by atomic mass is 9.83. The van der Waals surface area contributed by atoms with Crippen LogP contribution in [0.4, 0.5) is 0 Å². The Hall–Kier alpha value is -2.07. The molecule has 0 radical (unpaired) electrons. The van der Waals surface area contributed by atoms with Crippen molar-refractivity contribution < 1.29 is 9.90 Å². The highest BCUT2D eigenvalue weighted by atomic mass is 35.5. The van der Waals surface area contributed by atoms with Crippen LogP contribution in [0.2, 0.25) is 0 Å². The van der Waals surface area contributed by atoms with Crippen LogP contribution >= 0.6 is 11.8 Å². The normalized spacial score (nSPS) is 20.2.